The molecule has 146 valence electrons. The molecule has 29 heavy (non-hydrogen) atoms. The number of fused-ring (bicyclic) bond motifs is 1. The second-order valence-electron chi connectivity index (χ2n) is 6.02. The van der Waals surface area contributed by atoms with Gasteiger partial charge in [-0.15, -0.1) is 11.3 Å². The number of carboxylic acid groups (broad SMARTS) is 1. The Balaban J connectivity index is 1.71. The first-order chi connectivity index (χ1) is 13.8. The highest BCUT2D eigenvalue weighted by Gasteiger charge is 2.24. The Morgan fingerprint density at radius 2 is 1.79 bits per heavy atom. The molecule has 2 heterocycles. The van der Waals surface area contributed by atoms with Crippen LogP contribution < -0.4 is 5.32 Å². The molecule has 0 aliphatic rings. The van der Waals surface area contributed by atoms with Crippen LogP contribution in [0.2, 0.25) is 5.02 Å². The molecule has 0 spiro atoms. The molecule has 5 nitrogen and oxygen atoms in total. The Bertz CT molecular complexity index is 1220. The number of thiophene rings is 1. The number of carbonyl (C=O) groups is 2. The lowest BCUT2D eigenvalue weighted by molar-refractivity contribution is 0.0699. The number of benzene rings is 2. The molecular weight excluding hydrogens is 424 g/mol. The van der Waals surface area contributed by atoms with Crippen molar-refractivity contribution < 1.29 is 27.9 Å². The van der Waals surface area contributed by atoms with E-state index in [9.17, 15) is 23.5 Å². The van der Waals surface area contributed by atoms with Crippen LogP contribution in [-0.2, 0) is 0 Å². The van der Waals surface area contributed by atoms with Crippen LogP contribution in [0.3, 0.4) is 0 Å². The van der Waals surface area contributed by atoms with Gasteiger partial charge in [-0.05, 0) is 29.8 Å². The lowest BCUT2D eigenvalue weighted by Gasteiger charge is -2.06. The molecule has 2 aromatic heterocycles. The molecule has 0 aliphatic carbocycles. The number of hydrogen-bond acceptors (Lipinski definition) is 4. The number of nitrogens with one attached hydrogen (secondary N) is 1. The van der Waals surface area contributed by atoms with Crippen LogP contribution in [0.25, 0.3) is 21.4 Å². The van der Waals surface area contributed by atoms with Crippen LogP contribution in [0.1, 0.15) is 20.9 Å². The third-order valence-electron chi connectivity index (χ3n) is 4.15. The summed E-state index contributed by atoms with van der Waals surface area (Å²) in [6, 6.07) is 10.4. The van der Waals surface area contributed by atoms with E-state index in [1.165, 1.54) is 11.4 Å². The van der Waals surface area contributed by atoms with Crippen LogP contribution in [-0.4, -0.2) is 17.0 Å². The molecule has 0 aliphatic heterocycles. The summed E-state index contributed by atoms with van der Waals surface area (Å²) in [6.07, 6.45) is 0. The summed E-state index contributed by atoms with van der Waals surface area (Å²) in [4.78, 5) is 24.4. The minimum absolute atomic E-state index is 0.00105. The summed E-state index contributed by atoms with van der Waals surface area (Å²) in [6.45, 7) is 0. The van der Waals surface area contributed by atoms with E-state index in [0.717, 1.165) is 23.5 Å². The van der Waals surface area contributed by atoms with Crippen molar-refractivity contribution in [3.63, 3.8) is 0 Å². The van der Waals surface area contributed by atoms with E-state index in [2.05, 4.69) is 5.32 Å². The monoisotopic (exact) mass is 433 g/mol. The summed E-state index contributed by atoms with van der Waals surface area (Å²) in [5.41, 5.74) is 0.199. The summed E-state index contributed by atoms with van der Waals surface area (Å²) in [7, 11) is 0. The third-order valence-corrected chi connectivity index (χ3v) is 5.54. The van der Waals surface area contributed by atoms with Gasteiger partial charge in [0.1, 0.15) is 27.8 Å². The highest BCUT2D eigenvalue weighted by Crippen LogP contribution is 2.38. The number of aromatic carboxylic acids is 1. The maximum Gasteiger partial charge on any atom is 0.339 e. The number of amides is 1. The van der Waals surface area contributed by atoms with Crippen LogP contribution in [0.15, 0.2) is 52.3 Å². The Hall–Kier alpha value is -3.23. The predicted molar refractivity (Wildman–Crippen MR) is 106 cm³/mol. The van der Waals surface area contributed by atoms with E-state index in [4.69, 9.17) is 16.0 Å². The number of furan rings is 1. The number of rotatable bonds is 4. The zero-order valence-electron chi connectivity index (χ0n) is 14.3. The van der Waals surface area contributed by atoms with Gasteiger partial charge in [0.25, 0.3) is 5.91 Å². The first-order valence-corrected chi connectivity index (χ1v) is 9.40. The molecule has 4 rings (SSSR count). The second kappa shape index (κ2) is 7.31. The molecule has 0 atom stereocenters. The minimum atomic E-state index is -1.36. The van der Waals surface area contributed by atoms with Crippen molar-refractivity contribution in [2.45, 2.75) is 0 Å². The minimum Gasteiger partial charge on any atom is -0.478 e. The maximum absolute atomic E-state index is 13.8. The fourth-order valence-corrected chi connectivity index (χ4v) is 3.93. The molecule has 2 N–H and O–H groups in total. The summed E-state index contributed by atoms with van der Waals surface area (Å²) in [5.74, 6) is -4.05. The molecule has 0 saturated carbocycles. The van der Waals surface area contributed by atoms with Gasteiger partial charge in [-0.2, -0.15) is 0 Å². The van der Waals surface area contributed by atoms with Gasteiger partial charge in [-0.1, -0.05) is 29.8 Å². The molecule has 0 fully saturated rings. The van der Waals surface area contributed by atoms with E-state index < -0.39 is 28.5 Å². The molecule has 0 saturated heterocycles. The number of halogens is 3. The molecule has 1 amide bonds. The van der Waals surface area contributed by atoms with Gasteiger partial charge in [0.05, 0.1) is 10.6 Å². The van der Waals surface area contributed by atoms with Gasteiger partial charge in [0.2, 0.25) is 0 Å². The van der Waals surface area contributed by atoms with Crippen LogP contribution in [0.4, 0.5) is 14.5 Å². The second-order valence-corrected chi connectivity index (χ2v) is 7.27. The highest BCUT2D eigenvalue weighted by molar-refractivity contribution is 7.14. The highest BCUT2D eigenvalue weighted by atomic mass is 35.5. The molecule has 0 bridgehead atoms. The first kappa shape index (κ1) is 19.1. The number of carboxylic acids is 1. The summed E-state index contributed by atoms with van der Waals surface area (Å²) in [5, 5.41) is 13.5. The normalized spacial score (nSPS) is 11.0. The van der Waals surface area contributed by atoms with Gasteiger partial charge in [0.15, 0.2) is 5.76 Å². The zero-order valence-corrected chi connectivity index (χ0v) is 15.9. The van der Waals surface area contributed by atoms with E-state index in [0.29, 0.717) is 11.0 Å². The van der Waals surface area contributed by atoms with E-state index in [1.54, 1.807) is 24.3 Å². The fourth-order valence-electron chi connectivity index (χ4n) is 2.84. The Labute approximate surface area is 171 Å². The standard InChI is InChI=1S/C20H10ClF2NO4S/c21-17-11(22)5-10(6-12(17)23)18-16(20(26)27)13(8-29-18)24-19(25)15-7-9-3-1-2-4-14(9)28-15/h1-8H,(H,24,25)(H,26,27). The predicted octanol–water partition coefficient (Wildman–Crippen LogP) is 6.04. The molecule has 9 heteroatoms. The summed E-state index contributed by atoms with van der Waals surface area (Å²) >= 11 is 6.40. The topological polar surface area (TPSA) is 79.5 Å². The lowest BCUT2D eigenvalue weighted by Crippen LogP contribution is -2.13. The van der Waals surface area contributed by atoms with Crippen LogP contribution in [0.5, 0.6) is 0 Å². The third kappa shape index (κ3) is 3.48. The SMILES string of the molecule is O=C(Nc1csc(-c2cc(F)c(Cl)c(F)c2)c1C(=O)O)c1cc2ccccc2o1. The number of anilines is 1. The van der Waals surface area contributed by atoms with Gasteiger partial charge >= 0.3 is 5.97 Å². The summed E-state index contributed by atoms with van der Waals surface area (Å²) < 4.78 is 33.1. The smallest absolute Gasteiger partial charge is 0.339 e. The van der Waals surface area contributed by atoms with Gasteiger partial charge in [-0.25, -0.2) is 13.6 Å². The lowest BCUT2D eigenvalue weighted by atomic mass is 10.1. The van der Waals surface area contributed by atoms with Crippen molar-refractivity contribution in [3.05, 3.63) is 75.8 Å². The average molecular weight is 434 g/mol. The number of carbonyl (C=O) groups excluding carboxylic acids is 1. The van der Waals surface area contributed by atoms with Gasteiger partial charge in [-0.3, -0.25) is 4.79 Å². The molecule has 0 unspecified atom stereocenters. The van der Waals surface area contributed by atoms with Crippen molar-refractivity contribution in [1.82, 2.24) is 0 Å². The van der Waals surface area contributed by atoms with Crippen molar-refractivity contribution >= 4 is 51.5 Å². The maximum atomic E-state index is 13.8. The molecule has 0 radical (unpaired) electrons. The zero-order chi connectivity index (χ0) is 20.7. The van der Waals surface area contributed by atoms with E-state index >= 15 is 0 Å². The van der Waals surface area contributed by atoms with Crippen molar-refractivity contribution in [2.24, 2.45) is 0 Å². The van der Waals surface area contributed by atoms with Gasteiger partial charge < -0.3 is 14.8 Å². The van der Waals surface area contributed by atoms with Crippen molar-refractivity contribution in [1.29, 1.82) is 0 Å². The quantitative estimate of drug-likeness (QED) is 0.384. The first-order valence-electron chi connectivity index (χ1n) is 8.14. The Morgan fingerprint density at radius 1 is 1.10 bits per heavy atom. The molecule has 2 aromatic carbocycles. The largest absolute Gasteiger partial charge is 0.478 e. The molecular formula is C20H10ClF2NO4S. The van der Waals surface area contributed by atoms with E-state index in [1.807, 2.05) is 0 Å². The van der Waals surface area contributed by atoms with Crippen LogP contribution >= 0.6 is 22.9 Å². The Morgan fingerprint density at radius 3 is 2.45 bits per heavy atom. The average Bonchev–Trinajstić information content (AvgIpc) is 3.29. The van der Waals surface area contributed by atoms with Crippen LogP contribution in [0, 0.1) is 11.6 Å². The Kier molecular flexibility index (Phi) is 4.81. The number of para-hydroxylation sites is 1. The molecule has 4 aromatic rings. The van der Waals surface area contributed by atoms with Gasteiger partial charge in [0, 0.05) is 10.8 Å². The fraction of sp³-hybridized carbons (Fsp3) is 0. The number of hydrogen-bond donors (Lipinski definition) is 2. The van der Waals surface area contributed by atoms with E-state index in [-0.39, 0.29) is 27.5 Å². The van der Waals surface area contributed by atoms with Crippen molar-refractivity contribution in [3.8, 4) is 10.4 Å². The van der Waals surface area contributed by atoms with Crippen molar-refractivity contribution in [2.75, 3.05) is 5.32 Å².